The number of aliphatic hydroxyl groups excluding tert-OH is 1. The molecule has 0 aliphatic carbocycles. The van der Waals surface area contributed by atoms with Gasteiger partial charge in [0.05, 0.1) is 41.9 Å². The Morgan fingerprint density at radius 2 is 1.18 bits per heavy atom. The van der Waals surface area contributed by atoms with Gasteiger partial charge >= 0.3 is 0 Å². The first-order valence-corrected chi connectivity index (χ1v) is 22.1. The molecule has 57 heavy (non-hydrogen) atoms. The van der Waals surface area contributed by atoms with Gasteiger partial charge in [-0.1, -0.05) is 142 Å². The number of benzene rings is 5. The molecular formula is C45H53N3O7S2. The van der Waals surface area contributed by atoms with Gasteiger partial charge in [-0.2, -0.15) is 8.61 Å². The zero-order chi connectivity index (χ0) is 41.0. The molecule has 1 amide bonds. The van der Waals surface area contributed by atoms with E-state index in [0.29, 0.717) is 5.75 Å². The summed E-state index contributed by atoms with van der Waals surface area (Å²) in [4.78, 5) is 13.8. The SMILES string of the molecule is COc1ccc(S(=O)(=O)N(CC(C)C)[C@H](Cc2ccccc2)[C@H](O)CNC(=O)[C@@H](C)CS(=O)(=O)N(Cc2ccccc2)C(c2ccccc2)c2ccccc2)cc1. The van der Waals surface area contributed by atoms with Gasteiger partial charge in [0.15, 0.2) is 0 Å². The fraction of sp³-hybridized carbons (Fsp3) is 0.311. The van der Waals surface area contributed by atoms with Crippen molar-refractivity contribution in [3.63, 3.8) is 0 Å². The zero-order valence-electron chi connectivity index (χ0n) is 32.9. The van der Waals surface area contributed by atoms with Crippen LogP contribution in [0, 0.1) is 11.8 Å². The highest BCUT2D eigenvalue weighted by atomic mass is 32.2. The van der Waals surface area contributed by atoms with E-state index in [4.69, 9.17) is 4.74 Å². The maximum Gasteiger partial charge on any atom is 0.243 e. The minimum Gasteiger partial charge on any atom is -0.497 e. The fourth-order valence-corrected chi connectivity index (χ4v) is 10.6. The molecule has 12 heteroatoms. The third-order valence-electron chi connectivity index (χ3n) is 9.76. The van der Waals surface area contributed by atoms with E-state index < -0.39 is 55.8 Å². The number of carbonyl (C=O) groups is 1. The van der Waals surface area contributed by atoms with Gasteiger partial charge in [-0.3, -0.25) is 4.79 Å². The van der Waals surface area contributed by atoms with E-state index in [1.165, 1.54) is 27.9 Å². The summed E-state index contributed by atoms with van der Waals surface area (Å²) in [5.74, 6) is -1.70. The van der Waals surface area contributed by atoms with Crippen molar-refractivity contribution in [3.05, 3.63) is 168 Å². The molecule has 5 rings (SSSR count). The number of carbonyl (C=O) groups excluding carboxylic acids is 1. The first-order chi connectivity index (χ1) is 27.3. The summed E-state index contributed by atoms with van der Waals surface area (Å²) in [6.45, 7) is 5.20. The fourth-order valence-electron chi connectivity index (χ4n) is 6.85. The molecule has 0 saturated carbocycles. The molecule has 0 unspecified atom stereocenters. The maximum atomic E-state index is 14.6. The number of sulfonamides is 2. The quantitative estimate of drug-likeness (QED) is 0.0896. The average Bonchev–Trinajstić information content (AvgIpc) is 3.22. The van der Waals surface area contributed by atoms with Crippen LogP contribution in [0.15, 0.2) is 150 Å². The summed E-state index contributed by atoms with van der Waals surface area (Å²) >= 11 is 0. The number of amides is 1. The number of nitrogens with one attached hydrogen (secondary N) is 1. The lowest BCUT2D eigenvalue weighted by molar-refractivity contribution is -0.124. The Morgan fingerprint density at radius 1 is 0.684 bits per heavy atom. The first kappa shape index (κ1) is 43.3. The van der Waals surface area contributed by atoms with Crippen molar-refractivity contribution >= 4 is 26.0 Å². The van der Waals surface area contributed by atoms with E-state index >= 15 is 0 Å². The van der Waals surface area contributed by atoms with E-state index in [1.807, 2.05) is 135 Å². The van der Waals surface area contributed by atoms with Crippen molar-refractivity contribution in [2.45, 2.75) is 56.8 Å². The summed E-state index contributed by atoms with van der Waals surface area (Å²) in [7, 11) is -6.76. The number of hydrogen-bond donors (Lipinski definition) is 2. The Hall–Kier alpha value is -4.85. The smallest absolute Gasteiger partial charge is 0.243 e. The Bertz CT molecular complexity index is 2170. The Kier molecular flexibility index (Phi) is 15.2. The largest absolute Gasteiger partial charge is 0.497 e. The van der Waals surface area contributed by atoms with Gasteiger partial charge in [-0.15, -0.1) is 0 Å². The highest BCUT2D eigenvalue weighted by Crippen LogP contribution is 2.33. The number of methoxy groups -OCH3 is 1. The monoisotopic (exact) mass is 811 g/mol. The third kappa shape index (κ3) is 11.6. The Labute approximate surface area is 338 Å². The van der Waals surface area contributed by atoms with E-state index in [1.54, 1.807) is 19.1 Å². The molecular weight excluding hydrogens is 759 g/mol. The normalized spacial score (nSPS) is 13.8. The molecule has 0 bridgehead atoms. The third-order valence-corrected chi connectivity index (χ3v) is 13.6. The summed E-state index contributed by atoms with van der Waals surface area (Å²) in [5, 5.41) is 14.6. The van der Waals surface area contributed by atoms with Gasteiger partial charge in [-0.25, -0.2) is 16.8 Å². The molecule has 0 aromatic heterocycles. The summed E-state index contributed by atoms with van der Waals surface area (Å²) < 4.78 is 65.7. The molecule has 5 aromatic rings. The molecule has 0 saturated heterocycles. The molecule has 0 aliphatic heterocycles. The van der Waals surface area contributed by atoms with Crippen molar-refractivity contribution in [2.75, 3.05) is 26.0 Å². The van der Waals surface area contributed by atoms with Gasteiger partial charge < -0.3 is 15.2 Å². The van der Waals surface area contributed by atoms with Crippen molar-refractivity contribution in [1.29, 1.82) is 0 Å². The molecule has 302 valence electrons. The molecule has 0 fully saturated rings. The molecule has 10 nitrogen and oxygen atoms in total. The summed E-state index contributed by atoms with van der Waals surface area (Å²) in [6.07, 6.45) is -1.18. The van der Waals surface area contributed by atoms with Crippen LogP contribution in [0.3, 0.4) is 0 Å². The van der Waals surface area contributed by atoms with Crippen molar-refractivity contribution in [2.24, 2.45) is 11.8 Å². The predicted molar refractivity (Wildman–Crippen MR) is 224 cm³/mol. The standard InChI is InChI=1S/C45H53N3O7S2/c1-34(2)31-47(57(53,54)41-27-25-40(55-4)26-28-41)42(29-36-17-9-5-10-18-36)43(49)30-46-45(50)35(3)33-56(51,52)48(32-37-19-11-6-12-20-37)44(38-21-13-7-14-22-38)39-23-15-8-16-24-39/h5-28,34-35,42-44,49H,29-33H2,1-4H3,(H,46,50)/t35-,42+,43+/m0/s1. The minimum atomic E-state index is -4.13. The first-order valence-electron chi connectivity index (χ1n) is 19.1. The molecule has 0 radical (unpaired) electrons. The number of nitrogens with zero attached hydrogens (tertiary/aromatic N) is 2. The molecule has 3 atom stereocenters. The predicted octanol–water partition coefficient (Wildman–Crippen LogP) is 6.69. The number of aliphatic hydroxyl groups is 1. The highest BCUT2D eigenvalue weighted by Gasteiger charge is 2.38. The lowest BCUT2D eigenvalue weighted by atomic mass is 9.98. The second-order valence-electron chi connectivity index (χ2n) is 14.6. The van der Waals surface area contributed by atoms with Crippen molar-refractivity contribution in [3.8, 4) is 5.75 Å². The molecule has 2 N–H and O–H groups in total. The lowest BCUT2D eigenvalue weighted by Gasteiger charge is -2.35. The van der Waals surface area contributed by atoms with Crippen LogP contribution in [0.2, 0.25) is 0 Å². The van der Waals surface area contributed by atoms with Crippen molar-refractivity contribution < 1.29 is 31.5 Å². The number of ether oxygens (including phenoxy) is 1. The van der Waals surface area contributed by atoms with Crippen LogP contribution in [0.5, 0.6) is 5.75 Å². The molecule has 0 heterocycles. The van der Waals surface area contributed by atoms with Gasteiger partial charge in [0.25, 0.3) is 0 Å². The van der Waals surface area contributed by atoms with Gasteiger partial charge in [0.1, 0.15) is 5.75 Å². The Morgan fingerprint density at radius 3 is 1.67 bits per heavy atom. The van der Waals surface area contributed by atoms with Crippen LogP contribution in [-0.2, 0) is 37.8 Å². The minimum absolute atomic E-state index is 0.0430. The van der Waals surface area contributed by atoms with Crippen molar-refractivity contribution in [1.82, 2.24) is 13.9 Å². The zero-order valence-corrected chi connectivity index (χ0v) is 34.5. The average molecular weight is 812 g/mol. The molecule has 0 aliphatic rings. The van der Waals surface area contributed by atoms with Gasteiger partial charge in [0, 0.05) is 19.6 Å². The Balaban J connectivity index is 1.40. The van der Waals surface area contributed by atoms with Crippen LogP contribution in [0.25, 0.3) is 0 Å². The van der Waals surface area contributed by atoms with Crippen LogP contribution in [0.4, 0.5) is 0 Å². The molecule has 5 aromatic carbocycles. The van der Waals surface area contributed by atoms with Crippen LogP contribution < -0.4 is 10.1 Å². The summed E-state index contributed by atoms with van der Waals surface area (Å²) in [5.41, 5.74) is 3.15. The second kappa shape index (κ2) is 20.0. The van der Waals surface area contributed by atoms with Gasteiger partial charge in [-0.05, 0) is 58.9 Å². The summed E-state index contributed by atoms with van der Waals surface area (Å²) in [6, 6.07) is 41.8. The number of rotatable bonds is 20. The second-order valence-corrected chi connectivity index (χ2v) is 18.5. The maximum absolute atomic E-state index is 14.6. The van der Waals surface area contributed by atoms with Crippen LogP contribution >= 0.6 is 0 Å². The lowest BCUT2D eigenvalue weighted by Crippen LogP contribution is -2.53. The van der Waals surface area contributed by atoms with E-state index in [9.17, 15) is 26.7 Å². The molecule has 0 spiro atoms. The van der Waals surface area contributed by atoms with E-state index in [0.717, 1.165) is 22.3 Å². The van der Waals surface area contributed by atoms with Crippen LogP contribution in [-0.4, -0.2) is 74.6 Å². The van der Waals surface area contributed by atoms with Gasteiger partial charge in [0.2, 0.25) is 26.0 Å². The number of hydrogen-bond acceptors (Lipinski definition) is 7. The van der Waals surface area contributed by atoms with Crippen LogP contribution in [0.1, 0.15) is 49.1 Å². The topological polar surface area (TPSA) is 133 Å². The van der Waals surface area contributed by atoms with E-state index in [2.05, 4.69) is 5.32 Å². The van der Waals surface area contributed by atoms with E-state index in [-0.39, 0.29) is 36.9 Å². The highest BCUT2D eigenvalue weighted by molar-refractivity contribution is 7.89.